The Morgan fingerprint density at radius 3 is 1.75 bits per heavy atom. The van der Waals surface area contributed by atoms with Gasteiger partial charge in [0.25, 0.3) is 0 Å². The smallest absolute Gasteiger partial charge is 0.164 e. The molecule has 0 fully saturated rings. The van der Waals surface area contributed by atoms with Crippen LogP contribution in [0, 0.1) is 0 Å². The first kappa shape index (κ1) is 29.0. The number of fused-ring (bicyclic) bond motifs is 6. The van der Waals surface area contributed by atoms with Crippen molar-refractivity contribution < 1.29 is 4.42 Å². The molecular formula is C47H29N3O. The second-order valence-electron chi connectivity index (χ2n) is 12.8. The van der Waals surface area contributed by atoms with Gasteiger partial charge in [0, 0.05) is 27.5 Å². The molecule has 2 heterocycles. The van der Waals surface area contributed by atoms with Crippen LogP contribution in [-0.2, 0) is 0 Å². The maximum atomic E-state index is 6.53. The maximum absolute atomic E-state index is 6.53. The van der Waals surface area contributed by atoms with E-state index >= 15 is 0 Å². The molecule has 10 rings (SSSR count). The van der Waals surface area contributed by atoms with Crippen molar-refractivity contribution in [2.75, 3.05) is 0 Å². The van der Waals surface area contributed by atoms with Crippen molar-refractivity contribution in [3.8, 4) is 56.4 Å². The SMILES string of the molecule is c1ccc(-c2cccc(-c3cc(-c4nc(-c5ccccc5)nc(-c5ccc6c(ccc7ccccc76)c5)n4)c4c(c3)oc3ccccc34)c2)cc1. The van der Waals surface area contributed by atoms with E-state index in [9.17, 15) is 0 Å². The van der Waals surface area contributed by atoms with Crippen molar-refractivity contribution in [2.24, 2.45) is 0 Å². The van der Waals surface area contributed by atoms with Crippen LogP contribution >= 0.6 is 0 Å². The van der Waals surface area contributed by atoms with Crippen molar-refractivity contribution >= 4 is 43.5 Å². The Morgan fingerprint density at radius 2 is 0.922 bits per heavy atom. The van der Waals surface area contributed by atoms with Gasteiger partial charge in [-0.25, -0.2) is 15.0 Å². The van der Waals surface area contributed by atoms with Crippen LogP contribution in [0.25, 0.3) is 99.9 Å². The summed E-state index contributed by atoms with van der Waals surface area (Å²) < 4.78 is 6.53. The maximum Gasteiger partial charge on any atom is 0.164 e. The third kappa shape index (κ3) is 5.13. The monoisotopic (exact) mass is 651 g/mol. The molecule has 10 aromatic rings. The molecule has 4 heteroatoms. The molecular weight excluding hydrogens is 623 g/mol. The Hall–Kier alpha value is -6.91. The van der Waals surface area contributed by atoms with Crippen LogP contribution < -0.4 is 0 Å². The summed E-state index contributed by atoms with van der Waals surface area (Å²) >= 11 is 0. The van der Waals surface area contributed by atoms with E-state index in [-0.39, 0.29) is 0 Å². The zero-order valence-electron chi connectivity index (χ0n) is 27.5. The van der Waals surface area contributed by atoms with Gasteiger partial charge in [0.1, 0.15) is 11.2 Å². The van der Waals surface area contributed by atoms with Crippen molar-refractivity contribution in [1.29, 1.82) is 0 Å². The van der Waals surface area contributed by atoms with Crippen LogP contribution in [-0.4, -0.2) is 15.0 Å². The third-order valence-corrected chi connectivity index (χ3v) is 9.69. The topological polar surface area (TPSA) is 51.8 Å². The van der Waals surface area contributed by atoms with E-state index in [0.29, 0.717) is 17.5 Å². The van der Waals surface area contributed by atoms with Gasteiger partial charge in [0.15, 0.2) is 17.5 Å². The van der Waals surface area contributed by atoms with Crippen LogP contribution in [0.3, 0.4) is 0 Å². The summed E-state index contributed by atoms with van der Waals surface area (Å²) in [6, 6.07) is 61.1. The molecule has 8 aromatic carbocycles. The zero-order chi connectivity index (χ0) is 33.7. The third-order valence-electron chi connectivity index (χ3n) is 9.69. The number of hydrogen-bond donors (Lipinski definition) is 0. The standard InChI is InChI=1S/C47H29N3O/c1-3-12-30(13-4-1)33-17-11-18-34(26-33)37-28-41(44-40-20-9-10-21-42(40)51-43(44)29-37)47-49-45(32-15-5-2-6-16-32)48-46(50-47)36-24-25-39-35(27-36)23-22-31-14-7-8-19-38(31)39/h1-29H. The minimum atomic E-state index is 0.593. The number of hydrogen-bond acceptors (Lipinski definition) is 4. The van der Waals surface area contributed by atoms with Gasteiger partial charge in [-0.2, -0.15) is 0 Å². The number of rotatable bonds is 5. The summed E-state index contributed by atoms with van der Waals surface area (Å²) in [6.07, 6.45) is 0. The van der Waals surface area contributed by atoms with Gasteiger partial charge in [-0.3, -0.25) is 0 Å². The molecule has 0 amide bonds. The minimum Gasteiger partial charge on any atom is -0.456 e. The van der Waals surface area contributed by atoms with E-state index in [1.54, 1.807) is 0 Å². The molecule has 0 saturated carbocycles. The zero-order valence-corrected chi connectivity index (χ0v) is 27.5. The molecule has 0 unspecified atom stereocenters. The lowest BCUT2D eigenvalue weighted by molar-refractivity contribution is 0.669. The predicted octanol–water partition coefficient (Wildman–Crippen LogP) is 12.4. The van der Waals surface area contributed by atoms with E-state index in [1.165, 1.54) is 21.7 Å². The summed E-state index contributed by atoms with van der Waals surface area (Å²) in [5.74, 6) is 1.83. The van der Waals surface area contributed by atoms with Gasteiger partial charge in [0.2, 0.25) is 0 Å². The van der Waals surface area contributed by atoms with E-state index in [0.717, 1.165) is 60.7 Å². The van der Waals surface area contributed by atoms with Crippen LogP contribution in [0.5, 0.6) is 0 Å². The molecule has 51 heavy (non-hydrogen) atoms. The molecule has 0 spiro atoms. The molecule has 2 aromatic heterocycles. The van der Waals surface area contributed by atoms with Gasteiger partial charge >= 0.3 is 0 Å². The summed E-state index contributed by atoms with van der Waals surface area (Å²) in [6.45, 7) is 0. The van der Waals surface area contributed by atoms with Crippen LogP contribution in [0.1, 0.15) is 0 Å². The van der Waals surface area contributed by atoms with Gasteiger partial charge in [-0.1, -0.05) is 146 Å². The Kier molecular flexibility index (Phi) is 6.78. The average Bonchev–Trinajstić information content (AvgIpc) is 3.59. The first-order chi connectivity index (χ1) is 25.2. The van der Waals surface area contributed by atoms with Crippen LogP contribution in [0.2, 0.25) is 0 Å². The lowest BCUT2D eigenvalue weighted by Gasteiger charge is -2.12. The lowest BCUT2D eigenvalue weighted by Crippen LogP contribution is -2.00. The van der Waals surface area contributed by atoms with E-state index in [4.69, 9.17) is 19.4 Å². The van der Waals surface area contributed by atoms with Crippen molar-refractivity contribution in [3.63, 3.8) is 0 Å². The molecule has 0 aliphatic carbocycles. The number of aromatic nitrogens is 3. The van der Waals surface area contributed by atoms with Crippen LogP contribution in [0.15, 0.2) is 180 Å². The van der Waals surface area contributed by atoms with Crippen molar-refractivity contribution in [3.05, 3.63) is 176 Å². The molecule has 0 aliphatic heterocycles. The lowest BCUT2D eigenvalue weighted by atomic mass is 9.95. The van der Waals surface area contributed by atoms with Gasteiger partial charge in [-0.05, 0) is 74.1 Å². The molecule has 0 radical (unpaired) electrons. The molecule has 0 aliphatic rings. The highest BCUT2D eigenvalue weighted by molar-refractivity contribution is 6.13. The van der Waals surface area contributed by atoms with E-state index < -0.39 is 0 Å². The fraction of sp³-hybridized carbons (Fsp3) is 0. The minimum absolute atomic E-state index is 0.593. The summed E-state index contributed by atoms with van der Waals surface area (Å²) in [5, 5.41) is 6.79. The average molecular weight is 652 g/mol. The van der Waals surface area contributed by atoms with Gasteiger partial charge < -0.3 is 4.42 Å². The van der Waals surface area contributed by atoms with Gasteiger partial charge in [-0.15, -0.1) is 0 Å². The molecule has 0 bridgehead atoms. The molecule has 0 N–H and O–H groups in total. The van der Waals surface area contributed by atoms with Gasteiger partial charge in [0.05, 0.1) is 0 Å². The molecule has 0 saturated heterocycles. The Labute approximate surface area is 294 Å². The van der Waals surface area contributed by atoms with E-state index in [1.807, 2.05) is 54.6 Å². The Bertz CT molecular complexity index is 2910. The van der Waals surface area contributed by atoms with Crippen LogP contribution in [0.4, 0.5) is 0 Å². The fourth-order valence-electron chi connectivity index (χ4n) is 7.20. The molecule has 238 valence electrons. The Morgan fingerprint density at radius 1 is 0.314 bits per heavy atom. The predicted molar refractivity (Wildman–Crippen MR) is 209 cm³/mol. The Balaban J connectivity index is 1.22. The quantitative estimate of drug-likeness (QED) is 0.174. The highest BCUT2D eigenvalue weighted by Crippen LogP contribution is 2.40. The summed E-state index contributed by atoms with van der Waals surface area (Å²) in [4.78, 5) is 15.5. The highest BCUT2D eigenvalue weighted by Gasteiger charge is 2.20. The normalized spacial score (nSPS) is 11.5. The summed E-state index contributed by atoms with van der Waals surface area (Å²) in [5.41, 5.74) is 8.78. The molecule has 4 nitrogen and oxygen atoms in total. The van der Waals surface area contributed by atoms with Crippen molar-refractivity contribution in [2.45, 2.75) is 0 Å². The number of benzene rings is 8. The number of furan rings is 1. The molecule has 0 atom stereocenters. The fourth-order valence-corrected chi connectivity index (χ4v) is 7.20. The first-order valence-corrected chi connectivity index (χ1v) is 17.1. The van der Waals surface area contributed by atoms with Crippen molar-refractivity contribution in [1.82, 2.24) is 15.0 Å². The largest absolute Gasteiger partial charge is 0.456 e. The van der Waals surface area contributed by atoms with E-state index in [2.05, 4.69) is 121 Å². The second-order valence-corrected chi connectivity index (χ2v) is 12.8. The number of para-hydroxylation sites is 1. The summed E-state index contributed by atoms with van der Waals surface area (Å²) in [7, 11) is 0. The highest BCUT2D eigenvalue weighted by atomic mass is 16.3. The number of nitrogens with zero attached hydrogens (tertiary/aromatic N) is 3. The first-order valence-electron chi connectivity index (χ1n) is 17.1. The second kappa shape index (κ2) is 11.9.